The maximum absolute atomic E-state index is 12.9. The third-order valence-corrected chi connectivity index (χ3v) is 3.04. The number of nitrogens with one attached hydrogen (secondary N) is 1. The van der Waals surface area contributed by atoms with Gasteiger partial charge in [0.2, 0.25) is 5.95 Å². The van der Waals surface area contributed by atoms with Crippen LogP contribution < -0.4 is 4.90 Å². The van der Waals surface area contributed by atoms with E-state index in [1.807, 2.05) is 6.92 Å². The van der Waals surface area contributed by atoms with E-state index < -0.39 is 11.9 Å². The van der Waals surface area contributed by atoms with Gasteiger partial charge in [-0.05, 0) is 26.0 Å². The number of anilines is 1. The van der Waals surface area contributed by atoms with E-state index in [0.29, 0.717) is 26.3 Å². The van der Waals surface area contributed by atoms with E-state index >= 15 is 0 Å². The molecule has 0 unspecified atom stereocenters. The molecule has 23 heavy (non-hydrogen) atoms. The minimum atomic E-state index is -4.51. The fraction of sp³-hybridized carbons (Fsp3) is 0.500. The number of nitrogens with zero attached hydrogens (tertiary/aromatic N) is 4. The second-order valence-corrected chi connectivity index (χ2v) is 4.89. The van der Waals surface area contributed by atoms with Gasteiger partial charge in [-0.1, -0.05) is 0 Å². The van der Waals surface area contributed by atoms with Crippen LogP contribution in [0.4, 0.5) is 19.1 Å². The quantitative estimate of drug-likeness (QED) is 0.791. The number of hydrogen-bond acceptors (Lipinski definition) is 5. The summed E-state index contributed by atoms with van der Waals surface area (Å²) >= 11 is 0. The summed E-state index contributed by atoms with van der Waals surface area (Å²) in [5.41, 5.74) is 0.0551. The summed E-state index contributed by atoms with van der Waals surface area (Å²) in [5, 5.41) is 6.61. The molecule has 0 amide bonds. The Kier molecular flexibility index (Phi) is 5.54. The topological polar surface area (TPSA) is 66.9 Å². The lowest BCUT2D eigenvalue weighted by Crippen LogP contribution is -2.30. The second-order valence-electron chi connectivity index (χ2n) is 4.89. The molecule has 126 valence electrons. The van der Waals surface area contributed by atoms with Gasteiger partial charge in [0.1, 0.15) is 5.69 Å². The molecule has 0 bridgehead atoms. The number of aromatic nitrogens is 4. The highest BCUT2D eigenvalue weighted by atomic mass is 19.4. The zero-order valence-corrected chi connectivity index (χ0v) is 12.9. The van der Waals surface area contributed by atoms with Crippen molar-refractivity contribution in [3.63, 3.8) is 0 Å². The first-order valence-corrected chi connectivity index (χ1v) is 7.14. The zero-order chi connectivity index (χ0) is 16.9. The molecule has 2 heterocycles. The van der Waals surface area contributed by atoms with Gasteiger partial charge >= 0.3 is 6.18 Å². The first-order chi connectivity index (χ1) is 10.9. The standard InChI is InChI=1S/C14H18F3N5O/c1-3-23-7-6-22(9-11-4-5-18-21-11)13-19-10(2)8-12(20-13)14(15,16)17/h4-5,8H,3,6-7,9H2,1-2H3,(H,18,21). The first-order valence-electron chi connectivity index (χ1n) is 7.14. The average Bonchev–Trinajstić information content (AvgIpc) is 2.98. The Morgan fingerprint density at radius 2 is 2.09 bits per heavy atom. The highest BCUT2D eigenvalue weighted by Gasteiger charge is 2.33. The third kappa shape index (κ3) is 4.92. The molecule has 0 aliphatic carbocycles. The second kappa shape index (κ2) is 7.40. The van der Waals surface area contributed by atoms with Crippen molar-refractivity contribution in [1.82, 2.24) is 20.2 Å². The number of aryl methyl sites for hydroxylation is 1. The van der Waals surface area contributed by atoms with Gasteiger partial charge in [-0.15, -0.1) is 0 Å². The fourth-order valence-corrected chi connectivity index (χ4v) is 1.99. The SMILES string of the molecule is CCOCCN(Cc1ccn[nH]1)c1nc(C)cc(C(F)(F)F)n1. The maximum Gasteiger partial charge on any atom is 0.433 e. The van der Waals surface area contributed by atoms with Crippen molar-refractivity contribution < 1.29 is 17.9 Å². The molecule has 0 spiro atoms. The van der Waals surface area contributed by atoms with E-state index in [1.54, 1.807) is 17.2 Å². The van der Waals surface area contributed by atoms with E-state index in [-0.39, 0.29) is 11.6 Å². The molecule has 0 aliphatic heterocycles. The van der Waals surface area contributed by atoms with Crippen LogP contribution >= 0.6 is 0 Å². The molecule has 0 fully saturated rings. The number of hydrogen-bond donors (Lipinski definition) is 1. The Morgan fingerprint density at radius 1 is 1.30 bits per heavy atom. The van der Waals surface area contributed by atoms with Gasteiger partial charge in [-0.3, -0.25) is 5.10 Å². The molecule has 0 aliphatic rings. The molecule has 2 rings (SSSR count). The minimum absolute atomic E-state index is 0.0200. The number of H-pyrrole nitrogens is 1. The lowest BCUT2D eigenvalue weighted by molar-refractivity contribution is -0.141. The summed E-state index contributed by atoms with van der Waals surface area (Å²) in [7, 11) is 0. The first kappa shape index (κ1) is 17.2. The van der Waals surface area contributed by atoms with Crippen LogP contribution in [0.25, 0.3) is 0 Å². The zero-order valence-electron chi connectivity index (χ0n) is 12.9. The van der Waals surface area contributed by atoms with Gasteiger partial charge in [0.15, 0.2) is 0 Å². The maximum atomic E-state index is 12.9. The Morgan fingerprint density at radius 3 is 2.70 bits per heavy atom. The lowest BCUT2D eigenvalue weighted by atomic mass is 10.3. The molecule has 0 radical (unpaired) electrons. The number of aromatic amines is 1. The molecule has 0 aromatic carbocycles. The Bertz CT molecular complexity index is 615. The van der Waals surface area contributed by atoms with Crippen LogP contribution in [0.5, 0.6) is 0 Å². The van der Waals surface area contributed by atoms with Crippen molar-refractivity contribution in [2.24, 2.45) is 0 Å². The van der Waals surface area contributed by atoms with E-state index in [4.69, 9.17) is 4.74 Å². The summed E-state index contributed by atoms with van der Waals surface area (Å²) < 4.78 is 44.1. The van der Waals surface area contributed by atoms with Crippen molar-refractivity contribution >= 4 is 5.95 Å². The van der Waals surface area contributed by atoms with Crippen molar-refractivity contribution in [2.45, 2.75) is 26.6 Å². The van der Waals surface area contributed by atoms with E-state index in [0.717, 1.165) is 11.8 Å². The third-order valence-electron chi connectivity index (χ3n) is 3.04. The van der Waals surface area contributed by atoms with E-state index in [2.05, 4.69) is 20.2 Å². The van der Waals surface area contributed by atoms with Gasteiger partial charge in [-0.25, -0.2) is 9.97 Å². The summed E-state index contributed by atoms with van der Waals surface area (Å²) in [6, 6.07) is 2.68. The Balaban J connectivity index is 2.27. The monoisotopic (exact) mass is 329 g/mol. The summed E-state index contributed by atoms with van der Waals surface area (Å²) in [5.74, 6) is 0.0200. The highest BCUT2D eigenvalue weighted by Crippen LogP contribution is 2.29. The normalized spacial score (nSPS) is 11.7. The summed E-state index contributed by atoms with van der Waals surface area (Å²) in [6.45, 7) is 4.94. The van der Waals surface area contributed by atoms with Crippen LogP contribution in [0.3, 0.4) is 0 Å². The van der Waals surface area contributed by atoms with Crippen molar-refractivity contribution in [3.8, 4) is 0 Å². The highest BCUT2D eigenvalue weighted by molar-refractivity contribution is 5.34. The van der Waals surface area contributed by atoms with E-state index in [9.17, 15) is 13.2 Å². The molecule has 2 aromatic rings. The van der Waals surface area contributed by atoms with E-state index in [1.165, 1.54) is 6.92 Å². The predicted octanol–water partition coefficient (Wildman–Crippen LogP) is 2.57. The Labute approximate surface area is 131 Å². The smallest absolute Gasteiger partial charge is 0.380 e. The van der Waals surface area contributed by atoms with Crippen LogP contribution in [0.15, 0.2) is 18.3 Å². The largest absolute Gasteiger partial charge is 0.433 e. The number of ether oxygens (including phenoxy) is 1. The minimum Gasteiger partial charge on any atom is -0.380 e. The van der Waals surface area contributed by atoms with Crippen molar-refractivity contribution in [2.75, 3.05) is 24.7 Å². The molecule has 0 saturated carbocycles. The predicted molar refractivity (Wildman–Crippen MR) is 77.9 cm³/mol. The molecular weight excluding hydrogens is 311 g/mol. The molecule has 2 aromatic heterocycles. The van der Waals surface area contributed by atoms with Crippen molar-refractivity contribution in [3.05, 3.63) is 35.4 Å². The summed E-state index contributed by atoms with van der Waals surface area (Å²) in [4.78, 5) is 9.43. The Hall–Kier alpha value is -2.16. The molecule has 6 nitrogen and oxygen atoms in total. The van der Waals surface area contributed by atoms with Crippen LogP contribution in [0, 0.1) is 6.92 Å². The van der Waals surface area contributed by atoms with Crippen LogP contribution in [0.2, 0.25) is 0 Å². The number of halogens is 3. The van der Waals surface area contributed by atoms with Gasteiger partial charge in [0.25, 0.3) is 0 Å². The fourth-order valence-electron chi connectivity index (χ4n) is 1.99. The van der Waals surface area contributed by atoms with Gasteiger partial charge in [0, 0.05) is 25.0 Å². The van der Waals surface area contributed by atoms with Gasteiger partial charge < -0.3 is 9.64 Å². The van der Waals surface area contributed by atoms with Crippen LogP contribution in [-0.2, 0) is 17.5 Å². The molecule has 0 atom stereocenters. The van der Waals surface area contributed by atoms with Crippen LogP contribution in [-0.4, -0.2) is 39.9 Å². The van der Waals surface area contributed by atoms with Gasteiger partial charge in [-0.2, -0.15) is 18.3 Å². The lowest BCUT2D eigenvalue weighted by Gasteiger charge is -2.23. The van der Waals surface area contributed by atoms with Crippen LogP contribution in [0.1, 0.15) is 24.0 Å². The molecule has 9 heteroatoms. The molecule has 1 N–H and O–H groups in total. The number of alkyl halides is 3. The summed E-state index contributed by atoms with van der Waals surface area (Å²) in [6.07, 6.45) is -2.93. The van der Waals surface area contributed by atoms with Gasteiger partial charge in [0.05, 0.1) is 18.8 Å². The molecule has 0 saturated heterocycles. The molecular formula is C14H18F3N5O. The average molecular weight is 329 g/mol. The van der Waals surface area contributed by atoms with Crippen molar-refractivity contribution in [1.29, 1.82) is 0 Å². The number of rotatable bonds is 7.